The van der Waals surface area contributed by atoms with Gasteiger partial charge in [0.1, 0.15) is 10.6 Å². The van der Waals surface area contributed by atoms with Gasteiger partial charge in [-0.05, 0) is 49.2 Å². The maximum absolute atomic E-state index is 6.09. The van der Waals surface area contributed by atoms with Gasteiger partial charge in [0.05, 0.1) is 5.39 Å². The fourth-order valence-electron chi connectivity index (χ4n) is 3.12. The molecule has 4 rings (SSSR count). The minimum absolute atomic E-state index is 0.528. The van der Waals surface area contributed by atoms with E-state index in [1.54, 1.807) is 11.3 Å². The molecule has 3 heterocycles. The van der Waals surface area contributed by atoms with Crippen molar-refractivity contribution in [2.24, 2.45) is 0 Å². The second-order valence-electron chi connectivity index (χ2n) is 6.49. The first kappa shape index (κ1) is 16.1. The highest BCUT2D eigenvalue weighted by molar-refractivity contribution is 7.17. The molecule has 3 N–H and O–H groups in total. The average Bonchev–Trinajstić information content (AvgIpc) is 2.98. The van der Waals surface area contributed by atoms with E-state index < -0.39 is 0 Å². The number of benzene rings is 1. The van der Waals surface area contributed by atoms with E-state index in [2.05, 4.69) is 61.8 Å². The van der Waals surface area contributed by atoms with Crippen LogP contribution in [0.1, 0.15) is 5.56 Å². The lowest BCUT2D eigenvalue weighted by Crippen LogP contribution is -2.44. The number of aromatic nitrogens is 2. The summed E-state index contributed by atoms with van der Waals surface area (Å²) in [6, 6.07) is 8.42. The summed E-state index contributed by atoms with van der Waals surface area (Å²) < 4.78 is 0. The van der Waals surface area contributed by atoms with Gasteiger partial charge in [-0.15, -0.1) is 11.3 Å². The number of nitrogen functional groups attached to an aromatic ring is 1. The van der Waals surface area contributed by atoms with Crippen LogP contribution < -0.4 is 16.0 Å². The van der Waals surface area contributed by atoms with E-state index in [0.717, 1.165) is 47.6 Å². The van der Waals surface area contributed by atoms with Crippen molar-refractivity contribution in [2.75, 3.05) is 49.2 Å². The molecule has 1 aromatic carbocycles. The molecule has 0 radical (unpaired) electrons. The van der Waals surface area contributed by atoms with Gasteiger partial charge in [-0.3, -0.25) is 0 Å². The van der Waals surface area contributed by atoms with Gasteiger partial charge in [0, 0.05) is 37.6 Å². The summed E-state index contributed by atoms with van der Waals surface area (Å²) in [5.74, 6) is 1.07. The number of aryl methyl sites for hydroxylation is 1. The number of likely N-dealkylation sites (N-methyl/N-ethyl adjacent to an activating group) is 1. The first-order valence-electron chi connectivity index (χ1n) is 8.42. The van der Waals surface area contributed by atoms with E-state index >= 15 is 0 Å². The van der Waals surface area contributed by atoms with Crippen molar-refractivity contribution < 1.29 is 0 Å². The predicted octanol–water partition coefficient (Wildman–Crippen LogP) is 3.08. The molecule has 3 aromatic rings. The molecule has 1 saturated heterocycles. The summed E-state index contributed by atoms with van der Waals surface area (Å²) in [5, 5.41) is 6.28. The van der Waals surface area contributed by atoms with Gasteiger partial charge < -0.3 is 20.9 Å². The Labute approximate surface area is 151 Å². The lowest BCUT2D eigenvalue weighted by molar-refractivity contribution is 0.313. The second kappa shape index (κ2) is 6.50. The molecule has 0 aliphatic carbocycles. The molecule has 1 aliphatic rings. The van der Waals surface area contributed by atoms with Crippen molar-refractivity contribution in [1.29, 1.82) is 0 Å². The minimum atomic E-state index is 0.528. The molecule has 0 bridgehead atoms. The number of thiophene rings is 1. The van der Waals surface area contributed by atoms with Crippen LogP contribution in [-0.4, -0.2) is 48.1 Å². The van der Waals surface area contributed by atoms with Crippen LogP contribution in [0.2, 0.25) is 0 Å². The number of hydrogen-bond acceptors (Lipinski definition) is 7. The number of nitrogens with zero attached hydrogens (tertiary/aromatic N) is 4. The molecule has 0 spiro atoms. The third-order valence-corrected chi connectivity index (χ3v) is 5.63. The zero-order chi connectivity index (χ0) is 17.4. The fraction of sp³-hybridized carbons (Fsp3) is 0.333. The Morgan fingerprint density at radius 1 is 1.08 bits per heavy atom. The standard InChI is InChI=1S/C18H22N6S/c1-12-11-25-17-15(12)16(19)21-18(22-17)20-13-3-5-14(6-4-13)24-9-7-23(2)8-10-24/h3-6,11H,7-10H2,1-2H3,(H3,19,20,21,22). The molecule has 0 saturated carbocycles. The largest absolute Gasteiger partial charge is 0.383 e. The zero-order valence-corrected chi connectivity index (χ0v) is 15.3. The third-order valence-electron chi connectivity index (χ3n) is 4.64. The Bertz CT molecular complexity index is 880. The van der Waals surface area contributed by atoms with Crippen LogP contribution in [0.4, 0.5) is 23.1 Å². The van der Waals surface area contributed by atoms with Crippen LogP contribution in [0, 0.1) is 6.92 Å². The predicted molar refractivity (Wildman–Crippen MR) is 106 cm³/mol. The van der Waals surface area contributed by atoms with E-state index in [4.69, 9.17) is 5.73 Å². The summed E-state index contributed by atoms with van der Waals surface area (Å²) in [6.45, 7) is 6.37. The number of nitrogens with two attached hydrogens (primary N) is 1. The van der Waals surface area contributed by atoms with Gasteiger partial charge in [-0.2, -0.15) is 4.98 Å². The zero-order valence-electron chi connectivity index (χ0n) is 14.5. The number of anilines is 4. The normalized spacial score (nSPS) is 15.7. The lowest BCUT2D eigenvalue weighted by Gasteiger charge is -2.34. The van der Waals surface area contributed by atoms with E-state index in [0.29, 0.717) is 11.8 Å². The molecule has 130 valence electrons. The van der Waals surface area contributed by atoms with Crippen molar-refractivity contribution in [3.8, 4) is 0 Å². The monoisotopic (exact) mass is 354 g/mol. The topological polar surface area (TPSA) is 70.3 Å². The molecule has 1 aliphatic heterocycles. The Morgan fingerprint density at radius 3 is 2.52 bits per heavy atom. The highest BCUT2D eigenvalue weighted by atomic mass is 32.1. The number of hydrogen-bond donors (Lipinski definition) is 2. The molecule has 0 atom stereocenters. The molecule has 0 unspecified atom stereocenters. The quantitative estimate of drug-likeness (QED) is 0.753. The first-order chi connectivity index (χ1) is 12.1. The highest BCUT2D eigenvalue weighted by Gasteiger charge is 2.14. The molecule has 0 amide bonds. The van der Waals surface area contributed by atoms with E-state index in [9.17, 15) is 0 Å². The van der Waals surface area contributed by atoms with Crippen LogP contribution in [-0.2, 0) is 0 Å². The molecule has 25 heavy (non-hydrogen) atoms. The summed E-state index contributed by atoms with van der Waals surface area (Å²) >= 11 is 1.59. The van der Waals surface area contributed by atoms with E-state index in [1.165, 1.54) is 5.69 Å². The number of fused-ring (bicyclic) bond motifs is 1. The van der Waals surface area contributed by atoms with E-state index in [1.807, 2.05) is 6.92 Å². The highest BCUT2D eigenvalue weighted by Crippen LogP contribution is 2.29. The second-order valence-corrected chi connectivity index (χ2v) is 7.35. The van der Waals surface area contributed by atoms with Gasteiger partial charge >= 0.3 is 0 Å². The summed E-state index contributed by atoms with van der Waals surface area (Å²) in [7, 11) is 2.17. The molecule has 7 heteroatoms. The number of piperazine rings is 1. The Hall–Kier alpha value is -2.38. The SMILES string of the molecule is Cc1csc2nc(Nc3ccc(N4CCN(C)CC4)cc3)nc(N)c12. The lowest BCUT2D eigenvalue weighted by atomic mass is 10.2. The van der Waals surface area contributed by atoms with Gasteiger partial charge in [0.25, 0.3) is 0 Å². The fourth-order valence-corrected chi connectivity index (χ4v) is 4.05. The minimum Gasteiger partial charge on any atom is -0.383 e. The van der Waals surface area contributed by atoms with Crippen LogP contribution in [0.3, 0.4) is 0 Å². The average molecular weight is 354 g/mol. The molecule has 1 fully saturated rings. The maximum Gasteiger partial charge on any atom is 0.230 e. The van der Waals surface area contributed by atoms with Crippen molar-refractivity contribution in [3.63, 3.8) is 0 Å². The first-order valence-corrected chi connectivity index (χ1v) is 9.30. The molecular formula is C18H22N6S. The summed E-state index contributed by atoms with van der Waals surface area (Å²) in [5.41, 5.74) is 9.44. The van der Waals surface area contributed by atoms with Gasteiger partial charge in [0.15, 0.2) is 0 Å². The molecular weight excluding hydrogens is 332 g/mol. The van der Waals surface area contributed by atoms with Crippen LogP contribution in [0.25, 0.3) is 10.2 Å². The van der Waals surface area contributed by atoms with Gasteiger partial charge in [0.2, 0.25) is 5.95 Å². The van der Waals surface area contributed by atoms with Crippen LogP contribution >= 0.6 is 11.3 Å². The molecule has 2 aromatic heterocycles. The van der Waals surface area contributed by atoms with Gasteiger partial charge in [-0.25, -0.2) is 4.98 Å². The Morgan fingerprint density at radius 2 is 1.80 bits per heavy atom. The van der Waals surface area contributed by atoms with Gasteiger partial charge in [-0.1, -0.05) is 0 Å². The number of nitrogens with one attached hydrogen (secondary N) is 1. The van der Waals surface area contributed by atoms with Crippen molar-refractivity contribution in [3.05, 3.63) is 35.2 Å². The third kappa shape index (κ3) is 3.25. The van der Waals surface area contributed by atoms with Crippen LogP contribution in [0.5, 0.6) is 0 Å². The van der Waals surface area contributed by atoms with Crippen molar-refractivity contribution in [2.45, 2.75) is 6.92 Å². The van der Waals surface area contributed by atoms with Crippen LogP contribution in [0.15, 0.2) is 29.6 Å². The van der Waals surface area contributed by atoms with Crippen molar-refractivity contribution >= 4 is 44.7 Å². The van der Waals surface area contributed by atoms with Crippen molar-refractivity contribution in [1.82, 2.24) is 14.9 Å². The maximum atomic E-state index is 6.09. The summed E-state index contributed by atoms with van der Waals surface area (Å²) in [6.07, 6.45) is 0. The van der Waals surface area contributed by atoms with E-state index in [-0.39, 0.29) is 0 Å². The smallest absolute Gasteiger partial charge is 0.230 e. The Kier molecular flexibility index (Phi) is 4.19. The Balaban J connectivity index is 1.51. The molecule has 6 nitrogen and oxygen atoms in total. The summed E-state index contributed by atoms with van der Waals surface area (Å²) in [4.78, 5) is 14.7. The number of rotatable bonds is 3.